The second-order valence-electron chi connectivity index (χ2n) is 4.71. The lowest BCUT2D eigenvalue weighted by Crippen LogP contribution is -2.35. The lowest BCUT2D eigenvalue weighted by molar-refractivity contribution is -0.115. The lowest BCUT2D eigenvalue weighted by Gasteiger charge is -2.14. The molecule has 0 fully saturated rings. The lowest BCUT2D eigenvalue weighted by atomic mass is 10.2. The summed E-state index contributed by atoms with van der Waals surface area (Å²) >= 11 is 13.7. The standard InChI is InChI=1S/C15H16Cl2N2OS/c1-10(8-11-4-3-7-21-11)18-9-14(20)19-15-12(16)5-2-6-13(15)17/h2-7,10,18H,8-9H2,1H3,(H,19,20). The van der Waals surface area contributed by atoms with Gasteiger partial charge in [-0.3, -0.25) is 4.79 Å². The topological polar surface area (TPSA) is 41.1 Å². The molecule has 2 rings (SSSR count). The minimum atomic E-state index is -0.164. The minimum Gasteiger partial charge on any atom is -0.322 e. The van der Waals surface area contributed by atoms with Gasteiger partial charge >= 0.3 is 0 Å². The van der Waals surface area contributed by atoms with Crippen molar-refractivity contribution in [2.24, 2.45) is 0 Å². The first-order valence-electron chi connectivity index (χ1n) is 6.56. The van der Waals surface area contributed by atoms with Gasteiger partial charge in [0.1, 0.15) is 0 Å². The fourth-order valence-corrected chi connectivity index (χ4v) is 3.20. The highest BCUT2D eigenvalue weighted by Gasteiger charge is 2.11. The molecule has 1 aromatic carbocycles. The van der Waals surface area contributed by atoms with E-state index in [1.54, 1.807) is 29.5 Å². The Bertz CT molecular complexity index is 581. The van der Waals surface area contributed by atoms with E-state index < -0.39 is 0 Å². The third kappa shape index (κ3) is 5.00. The third-order valence-electron chi connectivity index (χ3n) is 2.93. The number of halogens is 2. The van der Waals surface area contributed by atoms with Crippen molar-refractivity contribution in [1.29, 1.82) is 0 Å². The van der Waals surface area contributed by atoms with Gasteiger partial charge in [-0.15, -0.1) is 11.3 Å². The number of para-hydroxylation sites is 1. The average molecular weight is 343 g/mol. The van der Waals surface area contributed by atoms with Crippen molar-refractivity contribution in [3.63, 3.8) is 0 Å². The Morgan fingerprint density at radius 3 is 2.57 bits per heavy atom. The number of nitrogens with one attached hydrogen (secondary N) is 2. The van der Waals surface area contributed by atoms with Gasteiger partial charge in [0.15, 0.2) is 0 Å². The normalized spacial score (nSPS) is 12.1. The van der Waals surface area contributed by atoms with Crippen molar-refractivity contribution in [2.75, 3.05) is 11.9 Å². The van der Waals surface area contributed by atoms with Gasteiger partial charge in [-0.05, 0) is 36.9 Å². The van der Waals surface area contributed by atoms with E-state index in [4.69, 9.17) is 23.2 Å². The van der Waals surface area contributed by atoms with Crippen LogP contribution in [0.1, 0.15) is 11.8 Å². The number of carbonyl (C=O) groups excluding carboxylic acids is 1. The molecule has 2 N–H and O–H groups in total. The van der Waals surface area contributed by atoms with Crippen LogP contribution in [0.4, 0.5) is 5.69 Å². The molecule has 0 saturated heterocycles. The largest absolute Gasteiger partial charge is 0.322 e. The Morgan fingerprint density at radius 2 is 1.95 bits per heavy atom. The van der Waals surface area contributed by atoms with Gasteiger partial charge in [0, 0.05) is 10.9 Å². The highest BCUT2D eigenvalue weighted by molar-refractivity contribution is 7.09. The van der Waals surface area contributed by atoms with Crippen molar-refractivity contribution in [3.05, 3.63) is 50.6 Å². The molecule has 1 atom stereocenters. The molecule has 3 nitrogen and oxygen atoms in total. The van der Waals surface area contributed by atoms with Gasteiger partial charge in [0.05, 0.1) is 22.3 Å². The van der Waals surface area contributed by atoms with Crippen molar-refractivity contribution in [2.45, 2.75) is 19.4 Å². The predicted molar refractivity (Wildman–Crippen MR) is 90.6 cm³/mol. The molecule has 0 bridgehead atoms. The van der Waals surface area contributed by atoms with E-state index >= 15 is 0 Å². The molecule has 0 radical (unpaired) electrons. The SMILES string of the molecule is CC(Cc1cccs1)NCC(=O)Nc1c(Cl)cccc1Cl. The quantitative estimate of drug-likeness (QED) is 0.825. The van der Waals surface area contributed by atoms with Gasteiger partial charge in [-0.2, -0.15) is 0 Å². The zero-order valence-corrected chi connectivity index (χ0v) is 13.9. The van der Waals surface area contributed by atoms with Gasteiger partial charge in [0.2, 0.25) is 5.91 Å². The number of carbonyl (C=O) groups is 1. The van der Waals surface area contributed by atoms with Crippen LogP contribution < -0.4 is 10.6 Å². The second-order valence-corrected chi connectivity index (χ2v) is 6.56. The molecule has 21 heavy (non-hydrogen) atoms. The number of rotatable bonds is 6. The molecule has 1 amide bonds. The summed E-state index contributed by atoms with van der Waals surface area (Å²) in [6.45, 7) is 2.27. The third-order valence-corrected chi connectivity index (χ3v) is 4.45. The molecule has 2 aromatic rings. The number of hydrogen-bond donors (Lipinski definition) is 2. The van der Waals surface area contributed by atoms with Crippen LogP contribution >= 0.6 is 34.5 Å². The Morgan fingerprint density at radius 1 is 1.24 bits per heavy atom. The van der Waals surface area contributed by atoms with Gasteiger partial charge in [0.25, 0.3) is 0 Å². The maximum absolute atomic E-state index is 11.9. The summed E-state index contributed by atoms with van der Waals surface area (Å²) < 4.78 is 0. The molecular formula is C15H16Cl2N2OS. The summed E-state index contributed by atoms with van der Waals surface area (Å²) in [7, 11) is 0. The molecule has 0 aliphatic heterocycles. The molecule has 6 heteroatoms. The first kappa shape index (κ1) is 16.3. The van der Waals surface area contributed by atoms with Crippen LogP contribution in [0.5, 0.6) is 0 Å². The Kier molecular flexibility index (Phi) is 6.06. The molecule has 1 heterocycles. The first-order chi connectivity index (χ1) is 10.1. The molecule has 112 valence electrons. The molecule has 0 aliphatic rings. The van der Waals surface area contributed by atoms with Crippen molar-refractivity contribution < 1.29 is 4.79 Å². The van der Waals surface area contributed by atoms with Crippen LogP contribution in [0.15, 0.2) is 35.7 Å². The Hall–Kier alpha value is -1.07. The highest BCUT2D eigenvalue weighted by atomic mass is 35.5. The molecule has 0 aliphatic carbocycles. The Labute approximate surface area is 138 Å². The smallest absolute Gasteiger partial charge is 0.238 e. The number of thiophene rings is 1. The molecule has 1 aromatic heterocycles. The predicted octanol–water partition coefficient (Wildman–Crippen LogP) is 4.21. The monoisotopic (exact) mass is 342 g/mol. The van der Waals surface area contributed by atoms with Crippen LogP contribution in [-0.4, -0.2) is 18.5 Å². The van der Waals surface area contributed by atoms with Crippen LogP contribution in [0.25, 0.3) is 0 Å². The first-order valence-corrected chi connectivity index (χ1v) is 8.19. The number of amides is 1. The van der Waals surface area contributed by atoms with Crippen LogP contribution in [0, 0.1) is 0 Å². The van der Waals surface area contributed by atoms with Crippen molar-refractivity contribution in [3.8, 4) is 0 Å². The second kappa shape index (κ2) is 7.80. The number of benzene rings is 1. The number of anilines is 1. The fourth-order valence-electron chi connectivity index (χ4n) is 1.87. The van der Waals surface area contributed by atoms with Crippen molar-refractivity contribution in [1.82, 2.24) is 5.32 Å². The van der Waals surface area contributed by atoms with E-state index in [0.29, 0.717) is 15.7 Å². The molecule has 1 unspecified atom stereocenters. The van der Waals surface area contributed by atoms with E-state index in [9.17, 15) is 4.79 Å². The van der Waals surface area contributed by atoms with Crippen LogP contribution in [-0.2, 0) is 11.2 Å². The van der Waals surface area contributed by atoms with Crippen LogP contribution in [0.3, 0.4) is 0 Å². The summed E-state index contributed by atoms with van der Waals surface area (Å²) in [5.74, 6) is -0.164. The summed E-state index contributed by atoms with van der Waals surface area (Å²) in [4.78, 5) is 13.2. The van der Waals surface area contributed by atoms with E-state index in [1.807, 2.05) is 11.4 Å². The minimum absolute atomic E-state index is 0.164. The Balaban J connectivity index is 1.82. The van der Waals surface area contributed by atoms with Crippen molar-refractivity contribution >= 4 is 46.1 Å². The highest BCUT2D eigenvalue weighted by Crippen LogP contribution is 2.29. The molecule has 0 saturated carbocycles. The maximum atomic E-state index is 11.9. The molecule has 0 spiro atoms. The summed E-state index contributed by atoms with van der Waals surface area (Å²) in [5, 5.41) is 8.83. The zero-order valence-electron chi connectivity index (χ0n) is 11.5. The molecular weight excluding hydrogens is 327 g/mol. The summed E-state index contributed by atoms with van der Waals surface area (Å²) in [5.41, 5.74) is 0.457. The maximum Gasteiger partial charge on any atom is 0.238 e. The zero-order chi connectivity index (χ0) is 15.2. The average Bonchev–Trinajstić information content (AvgIpc) is 2.94. The number of hydrogen-bond acceptors (Lipinski definition) is 3. The van der Waals surface area contributed by atoms with E-state index in [2.05, 4.69) is 23.6 Å². The fraction of sp³-hybridized carbons (Fsp3) is 0.267. The summed E-state index contributed by atoms with van der Waals surface area (Å²) in [6.07, 6.45) is 0.901. The van der Waals surface area contributed by atoms with E-state index in [-0.39, 0.29) is 18.5 Å². The van der Waals surface area contributed by atoms with Gasteiger partial charge in [-0.25, -0.2) is 0 Å². The van der Waals surface area contributed by atoms with E-state index in [0.717, 1.165) is 6.42 Å². The van der Waals surface area contributed by atoms with Crippen LogP contribution in [0.2, 0.25) is 10.0 Å². The van der Waals surface area contributed by atoms with Gasteiger partial charge < -0.3 is 10.6 Å². The van der Waals surface area contributed by atoms with Gasteiger partial charge in [-0.1, -0.05) is 35.3 Å². The van der Waals surface area contributed by atoms with E-state index in [1.165, 1.54) is 4.88 Å². The summed E-state index contributed by atoms with van der Waals surface area (Å²) in [6, 6.07) is 9.45.